The number of benzene rings is 1. The van der Waals surface area contributed by atoms with Crippen molar-refractivity contribution in [3.8, 4) is 17.3 Å². The zero-order valence-corrected chi connectivity index (χ0v) is 15.0. The fourth-order valence-electron chi connectivity index (χ4n) is 3.05. The average molecular weight is 362 g/mol. The lowest BCUT2D eigenvalue weighted by Gasteiger charge is -2.16. The lowest BCUT2D eigenvalue weighted by Crippen LogP contribution is -2.16. The van der Waals surface area contributed by atoms with Crippen molar-refractivity contribution in [1.82, 2.24) is 14.5 Å². The average Bonchev–Trinajstić information content (AvgIpc) is 3.34. The Bertz CT molecular complexity index is 909. The molecule has 1 aliphatic rings. The summed E-state index contributed by atoms with van der Waals surface area (Å²) in [5.41, 5.74) is 2.77. The third-order valence-electron chi connectivity index (χ3n) is 4.36. The molecule has 1 unspecified atom stereocenters. The molecule has 0 spiro atoms. The van der Waals surface area contributed by atoms with Gasteiger partial charge in [0, 0.05) is 12.8 Å². The number of nitriles is 1. The summed E-state index contributed by atoms with van der Waals surface area (Å²) in [6.07, 6.45) is 5.91. The van der Waals surface area contributed by atoms with Gasteiger partial charge in [-0.15, -0.1) is 0 Å². The van der Waals surface area contributed by atoms with Crippen molar-refractivity contribution in [3.63, 3.8) is 0 Å². The SMILES string of the molecule is N#Cc1ccc(Sc2ncc(-c3ccccc3)n2CC2CCCO2)nc1. The highest BCUT2D eigenvalue weighted by Crippen LogP contribution is 2.31. The molecule has 3 aromatic rings. The number of pyridine rings is 1. The van der Waals surface area contributed by atoms with E-state index in [0.29, 0.717) is 5.56 Å². The molecule has 130 valence electrons. The Morgan fingerprint density at radius 3 is 2.73 bits per heavy atom. The van der Waals surface area contributed by atoms with Gasteiger partial charge in [0.15, 0.2) is 5.16 Å². The second-order valence-corrected chi connectivity index (χ2v) is 7.12. The summed E-state index contributed by atoms with van der Waals surface area (Å²) < 4.78 is 8.06. The van der Waals surface area contributed by atoms with Gasteiger partial charge in [0.1, 0.15) is 11.1 Å². The van der Waals surface area contributed by atoms with Crippen LogP contribution in [0, 0.1) is 11.3 Å². The first-order valence-corrected chi connectivity index (χ1v) is 9.41. The minimum atomic E-state index is 0.222. The van der Waals surface area contributed by atoms with Gasteiger partial charge < -0.3 is 9.30 Å². The monoisotopic (exact) mass is 362 g/mol. The van der Waals surface area contributed by atoms with Gasteiger partial charge in [0.25, 0.3) is 0 Å². The smallest absolute Gasteiger partial charge is 0.174 e. The molecule has 1 saturated heterocycles. The molecule has 26 heavy (non-hydrogen) atoms. The maximum atomic E-state index is 8.92. The van der Waals surface area contributed by atoms with Gasteiger partial charge in [-0.3, -0.25) is 0 Å². The molecule has 0 bridgehead atoms. The molecule has 5 nitrogen and oxygen atoms in total. The fourth-order valence-corrected chi connectivity index (χ4v) is 3.87. The van der Waals surface area contributed by atoms with Gasteiger partial charge in [-0.05, 0) is 42.3 Å². The van der Waals surface area contributed by atoms with Crippen molar-refractivity contribution >= 4 is 11.8 Å². The zero-order chi connectivity index (χ0) is 17.8. The van der Waals surface area contributed by atoms with Crippen molar-refractivity contribution in [1.29, 1.82) is 5.26 Å². The van der Waals surface area contributed by atoms with Crippen molar-refractivity contribution in [3.05, 3.63) is 60.4 Å². The molecule has 1 aromatic carbocycles. The quantitative estimate of drug-likeness (QED) is 0.682. The van der Waals surface area contributed by atoms with Crippen molar-refractivity contribution < 1.29 is 4.74 Å². The molecule has 3 heterocycles. The Kier molecular flexibility index (Phi) is 5.00. The van der Waals surface area contributed by atoms with Crippen LogP contribution >= 0.6 is 11.8 Å². The molecule has 1 aliphatic heterocycles. The Labute approximate surface area is 156 Å². The van der Waals surface area contributed by atoms with Gasteiger partial charge in [0.05, 0.1) is 30.1 Å². The maximum absolute atomic E-state index is 8.92. The zero-order valence-electron chi connectivity index (χ0n) is 14.2. The summed E-state index contributed by atoms with van der Waals surface area (Å²) in [6, 6.07) is 16.0. The van der Waals surface area contributed by atoms with Crippen molar-refractivity contribution in [2.24, 2.45) is 0 Å². The van der Waals surface area contributed by atoms with Crippen LogP contribution in [0.3, 0.4) is 0 Å². The molecule has 1 atom stereocenters. The number of ether oxygens (including phenoxy) is 1. The Hall–Kier alpha value is -2.62. The van der Waals surface area contributed by atoms with Crippen LogP contribution in [-0.4, -0.2) is 27.2 Å². The maximum Gasteiger partial charge on any atom is 0.174 e. The number of imidazole rings is 1. The normalized spacial score (nSPS) is 16.5. The van der Waals surface area contributed by atoms with Gasteiger partial charge in [-0.2, -0.15) is 5.26 Å². The Balaban J connectivity index is 1.66. The van der Waals surface area contributed by atoms with E-state index in [1.54, 1.807) is 12.3 Å². The third-order valence-corrected chi connectivity index (χ3v) is 5.32. The van der Waals surface area contributed by atoms with E-state index in [2.05, 4.69) is 32.7 Å². The lowest BCUT2D eigenvalue weighted by atomic mass is 10.1. The van der Waals surface area contributed by atoms with Gasteiger partial charge in [-0.1, -0.05) is 30.3 Å². The molecule has 4 rings (SSSR count). The Morgan fingerprint density at radius 2 is 2.04 bits per heavy atom. The van der Waals surface area contributed by atoms with Crippen LogP contribution in [0.4, 0.5) is 0 Å². The predicted molar refractivity (Wildman–Crippen MR) is 99.7 cm³/mol. The molecule has 2 aromatic heterocycles. The van der Waals surface area contributed by atoms with E-state index in [9.17, 15) is 0 Å². The van der Waals surface area contributed by atoms with Crippen LogP contribution in [0.25, 0.3) is 11.3 Å². The molecule has 0 N–H and O–H groups in total. The predicted octanol–water partition coefficient (Wildman–Crippen LogP) is 4.15. The number of nitrogens with zero attached hydrogens (tertiary/aromatic N) is 4. The van der Waals surface area contributed by atoms with Crippen LogP contribution in [0.5, 0.6) is 0 Å². The van der Waals surface area contributed by atoms with E-state index >= 15 is 0 Å². The first kappa shape index (κ1) is 16.8. The summed E-state index contributed by atoms with van der Waals surface area (Å²) in [5.74, 6) is 0. The number of rotatable bonds is 5. The molecular weight excluding hydrogens is 344 g/mol. The molecule has 1 fully saturated rings. The van der Waals surface area contributed by atoms with Crippen LogP contribution in [0.2, 0.25) is 0 Å². The summed E-state index contributed by atoms with van der Waals surface area (Å²) in [4.78, 5) is 8.99. The second kappa shape index (κ2) is 7.73. The second-order valence-electron chi connectivity index (χ2n) is 6.14. The topological polar surface area (TPSA) is 63.7 Å². The van der Waals surface area contributed by atoms with Gasteiger partial charge in [0.2, 0.25) is 0 Å². The summed E-state index contributed by atoms with van der Waals surface area (Å²) in [7, 11) is 0. The van der Waals surface area contributed by atoms with Crippen LogP contribution < -0.4 is 0 Å². The molecule has 0 saturated carbocycles. The van der Waals surface area contributed by atoms with E-state index in [4.69, 9.17) is 10.00 Å². The van der Waals surface area contributed by atoms with E-state index in [1.165, 1.54) is 11.8 Å². The first-order valence-electron chi connectivity index (χ1n) is 8.60. The molecule has 0 amide bonds. The standard InChI is InChI=1S/C20H18N4OS/c21-11-15-8-9-19(22-12-15)26-20-23-13-18(16-5-2-1-3-6-16)24(20)14-17-7-4-10-25-17/h1-3,5-6,8-9,12-13,17H,4,7,10,14H2. The van der Waals surface area contributed by atoms with Crippen LogP contribution in [-0.2, 0) is 11.3 Å². The van der Waals surface area contributed by atoms with E-state index in [1.807, 2.05) is 30.5 Å². The summed E-state index contributed by atoms with van der Waals surface area (Å²) in [5, 5.41) is 10.6. The fraction of sp³-hybridized carbons (Fsp3) is 0.250. The minimum absolute atomic E-state index is 0.222. The highest BCUT2D eigenvalue weighted by atomic mass is 32.2. The van der Waals surface area contributed by atoms with Crippen molar-refractivity contribution in [2.45, 2.75) is 35.7 Å². The minimum Gasteiger partial charge on any atom is -0.376 e. The third kappa shape index (κ3) is 3.64. The first-order chi connectivity index (χ1) is 12.8. The van der Waals surface area contributed by atoms with Gasteiger partial charge in [-0.25, -0.2) is 9.97 Å². The van der Waals surface area contributed by atoms with Crippen LogP contribution in [0.1, 0.15) is 18.4 Å². The number of hydrogen-bond donors (Lipinski definition) is 0. The van der Waals surface area contributed by atoms with E-state index in [0.717, 1.165) is 47.4 Å². The van der Waals surface area contributed by atoms with E-state index < -0.39 is 0 Å². The van der Waals surface area contributed by atoms with Crippen molar-refractivity contribution in [2.75, 3.05) is 6.61 Å². The molecule has 0 radical (unpaired) electrons. The van der Waals surface area contributed by atoms with Gasteiger partial charge >= 0.3 is 0 Å². The highest BCUT2D eigenvalue weighted by Gasteiger charge is 2.21. The largest absolute Gasteiger partial charge is 0.376 e. The van der Waals surface area contributed by atoms with Crippen LogP contribution in [0.15, 0.2) is 65.0 Å². The van der Waals surface area contributed by atoms with E-state index in [-0.39, 0.29) is 6.10 Å². The highest BCUT2D eigenvalue weighted by molar-refractivity contribution is 7.99. The molecular formula is C20H18N4OS. The molecule has 6 heteroatoms. The Morgan fingerprint density at radius 1 is 1.15 bits per heavy atom. The summed E-state index contributed by atoms with van der Waals surface area (Å²) >= 11 is 1.51. The summed E-state index contributed by atoms with van der Waals surface area (Å²) in [6.45, 7) is 1.61. The number of hydrogen-bond acceptors (Lipinski definition) is 5. The lowest BCUT2D eigenvalue weighted by molar-refractivity contribution is 0.0954. The molecule has 0 aliphatic carbocycles. The number of aromatic nitrogens is 3.